The van der Waals surface area contributed by atoms with Crippen molar-refractivity contribution in [2.24, 2.45) is 0 Å². The number of ether oxygens (including phenoxy) is 2. The van der Waals surface area contributed by atoms with Gasteiger partial charge in [-0.3, -0.25) is 4.79 Å². The molecule has 0 aliphatic carbocycles. The van der Waals surface area contributed by atoms with Crippen molar-refractivity contribution >= 4 is 15.9 Å². The van der Waals surface area contributed by atoms with Crippen LogP contribution in [0.15, 0.2) is 47.4 Å². The Morgan fingerprint density at radius 1 is 0.933 bits per heavy atom. The highest BCUT2D eigenvalue weighted by Crippen LogP contribution is 2.34. The van der Waals surface area contributed by atoms with Gasteiger partial charge in [0.1, 0.15) is 13.2 Å². The summed E-state index contributed by atoms with van der Waals surface area (Å²) in [4.78, 5) is 15.0. The highest BCUT2D eigenvalue weighted by Gasteiger charge is 2.32. The van der Waals surface area contributed by atoms with E-state index in [0.29, 0.717) is 49.3 Å². The number of carbonyl (C=O) groups excluding carboxylic acids is 1. The lowest BCUT2D eigenvalue weighted by atomic mass is 10.0. The molecule has 2 aliphatic heterocycles. The van der Waals surface area contributed by atoms with E-state index in [1.807, 2.05) is 12.1 Å². The Hall–Kier alpha value is -2.58. The van der Waals surface area contributed by atoms with E-state index in [1.54, 1.807) is 35.2 Å². The number of carbonyl (C=O) groups is 1. The lowest BCUT2D eigenvalue weighted by Crippen LogP contribution is -2.50. The second-order valence-corrected chi connectivity index (χ2v) is 9.69. The third kappa shape index (κ3) is 3.89. The zero-order valence-corrected chi connectivity index (χ0v) is 18.0. The average Bonchev–Trinajstić information content (AvgIpc) is 2.78. The molecule has 2 aromatic rings. The SMILES string of the molecule is CC(C)c1ccc(S(=O)(=O)N2CCN(C(=O)c3cccc4c3OCCO4)CC2)cc1. The van der Waals surface area contributed by atoms with Crippen LogP contribution < -0.4 is 9.47 Å². The Morgan fingerprint density at radius 2 is 1.60 bits per heavy atom. The number of sulfonamides is 1. The second kappa shape index (κ2) is 8.28. The number of benzene rings is 2. The topological polar surface area (TPSA) is 76.2 Å². The minimum Gasteiger partial charge on any atom is -0.486 e. The Bertz CT molecular complexity index is 1030. The van der Waals surface area contributed by atoms with E-state index in [9.17, 15) is 13.2 Å². The number of fused-ring (bicyclic) bond motifs is 1. The summed E-state index contributed by atoms with van der Waals surface area (Å²) in [6.45, 7) is 6.16. The summed E-state index contributed by atoms with van der Waals surface area (Å²) in [6.07, 6.45) is 0. The molecule has 8 heteroatoms. The van der Waals surface area contributed by atoms with Gasteiger partial charge < -0.3 is 14.4 Å². The molecule has 7 nitrogen and oxygen atoms in total. The summed E-state index contributed by atoms with van der Waals surface area (Å²) >= 11 is 0. The van der Waals surface area contributed by atoms with Gasteiger partial charge in [-0.15, -0.1) is 0 Å². The number of amides is 1. The van der Waals surface area contributed by atoms with Crippen molar-refractivity contribution in [1.82, 2.24) is 9.21 Å². The van der Waals surface area contributed by atoms with Crippen LogP contribution in [0.3, 0.4) is 0 Å². The van der Waals surface area contributed by atoms with Gasteiger partial charge in [0.25, 0.3) is 5.91 Å². The van der Waals surface area contributed by atoms with Crippen molar-refractivity contribution in [3.8, 4) is 11.5 Å². The maximum atomic E-state index is 13.0. The molecule has 0 bridgehead atoms. The molecule has 1 amide bonds. The fourth-order valence-corrected chi connectivity index (χ4v) is 5.14. The van der Waals surface area contributed by atoms with E-state index in [2.05, 4.69) is 13.8 Å². The molecule has 2 aliphatic rings. The minimum atomic E-state index is -3.58. The molecule has 0 saturated carbocycles. The van der Waals surface area contributed by atoms with Crippen LogP contribution in [-0.4, -0.2) is 62.9 Å². The van der Waals surface area contributed by atoms with Gasteiger partial charge in [-0.05, 0) is 35.7 Å². The van der Waals surface area contributed by atoms with Crippen molar-refractivity contribution < 1.29 is 22.7 Å². The lowest BCUT2D eigenvalue weighted by Gasteiger charge is -2.34. The Balaban J connectivity index is 1.45. The molecule has 30 heavy (non-hydrogen) atoms. The molecule has 2 heterocycles. The number of para-hydroxylation sites is 1. The summed E-state index contributed by atoms with van der Waals surface area (Å²) in [5.41, 5.74) is 1.55. The third-order valence-corrected chi connectivity index (χ3v) is 7.42. The molecule has 1 fully saturated rings. The first-order chi connectivity index (χ1) is 14.4. The predicted octanol–water partition coefficient (Wildman–Crippen LogP) is 2.73. The molecule has 0 spiro atoms. The zero-order valence-electron chi connectivity index (χ0n) is 17.2. The van der Waals surface area contributed by atoms with Crippen molar-refractivity contribution in [3.05, 3.63) is 53.6 Å². The smallest absolute Gasteiger partial charge is 0.257 e. The number of hydrogen-bond acceptors (Lipinski definition) is 5. The molecular weight excluding hydrogens is 404 g/mol. The molecule has 0 N–H and O–H groups in total. The molecule has 4 rings (SSSR count). The molecule has 1 saturated heterocycles. The zero-order chi connectivity index (χ0) is 21.3. The van der Waals surface area contributed by atoms with Crippen LogP contribution >= 0.6 is 0 Å². The molecule has 0 radical (unpaired) electrons. The van der Waals surface area contributed by atoms with E-state index >= 15 is 0 Å². The molecule has 0 aromatic heterocycles. The van der Waals surface area contributed by atoms with Gasteiger partial charge >= 0.3 is 0 Å². The van der Waals surface area contributed by atoms with Crippen LogP contribution in [0.5, 0.6) is 11.5 Å². The van der Waals surface area contributed by atoms with E-state index in [1.165, 1.54) is 4.31 Å². The van der Waals surface area contributed by atoms with E-state index < -0.39 is 10.0 Å². The van der Waals surface area contributed by atoms with Gasteiger partial charge in [-0.25, -0.2) is 8.42 Å². The molecular formula is C22H26N2O5S. The maximum Gasteiger partial charge on any atom is 0.257 e. The van der Waals surface area contributed by atoms with Gasteiger partial charge in [0.2, 0.25) is 10.0 Å². The molecule has 0 unspecified atom stereocenters. The predicted molar refractivity (Wildman–Crippen MR) is 113 cm³/mol. The van der Waals surface area contributed by atoms with Crippen molar-refractivity contribution in [2.45, 2.75) is 24.7 Å². The van der Waals surface area contributed by atoms with Gasteiger partial charge in [-0.1, -0.05) is 32.0 Å². The first-order valence-corrected chi connectivity index (χ1v) is 11.6. The van der Waals surface area contributed by atoms with Gasteiger partial charge in [-0.2, -0.15) is 4.31 Å². The van der Waals surface area contributed by atoms with Crippen molar-refractivity contribution in [3.63, 3.8) is 0 Å². The third-order valence-electron chi connectivity index (χ3n) is 5.51. The van der Waals surface area contributed by atoms with Crippen LogP contribution in [0, 0.1) is 0 Å². The normalized spacial score (nSPS) is 17.2. The number of piperazine rings is 1. The minimum absolute atomic E-state index is 0.171. The number of hydrogen-bond donors (Lipinski definition) is 0. The Labute approximate surface area is 177 Å². The van der Waals surface area contributed by atoms with E-state index in [4.69, 9.17) is 9.47 Å². The summed E-state index contributed by atoms with van der Waals surface area (Å²) in [5.74, 6) is 1.21. The van der Waals surface area contributed by atoms with Crippen molar-refractivity contribution in [2.75, 3.05) is 39.4 Å². The highest BCUT2D eigenvalue weighted by molar-refractivity contribution is 7.89. The van der Waals surface area contributed by atoms with E-state index in [0.717, 1.165) is 5.56 Å². The van der Waals surface area contributed by atoms with Crippen LogP contribution in [0.4, 0.5) is 0 Å². The van der Waals surface area contributed by atoms with Gasteiger partial charge in [0, 0.05) is 26.2 Å². The van der Waals surface area contributed by atoms with Crippen molar-refractivity contribution in [1.29, 1.82) is 0 Å². The first kappa shape index (κ1) is 20.7. The highest BCUT2D eigenvalue weighted by atomic mass is 32.2. The fourth-order valence-electron chi connectivity index (χ4n) is 3.72. The van der Waals surface area contributed by atoms with Crippen LogP contribution in [0.2, 0.25) is 0 Å². The second-order valence-electron chi connectivity index (χ2n) is 7.75. The maximum absolute atomic E-state index is 13.0. The number of rotatable bonds is 4. The lowest BCUT2D eigenvalue weighted by molar-refractivity contribution is 0.0688. The molecule has 2 aromatic carbocycles. The summed E-state index contributed by atoms with van der Waals surface area (Å²) in [6, 6.07) is 12.3. The van der Waals surface area contributed by atoms with E-state index in [-0.39, 0.29) is 23.9 Å². The largest absolute Gasteiger partial charge is 0.486 e. The standard InChI is InChI=1S/C22H26N2O5S/c1-16(2)17-6-8-18(9-7-17)30(26,27)24-12-10-23(11-13-24)22(25)19-4-3-5-20-21(19)29-15-14-28-20/h3-9,16H,10-15H2,1-2H3. The monoisotopic (exact) mass is 430 g/mol. The quantitative estimate of drug-likeness (QED) is 0.746. The Morgan fingerprint density at radius 3 is 2.27 bits per heavy atom. The summed E-state index contributed by atoms with van der Waals surface area (Å²) in [5, 5.41) is 0. The average molecular weight is 431 g/mol. The van der Waals surface area contributed by atoms with Crippen LogP contribution in [0.25, 0.3) is 0 Å². The first-order valence-electron chi connectivity index (χ1n) is 10.2. The fraction of sp³-hybridized carbons (Fsp3) is 0.409. The van der Waals surface area contributed by atoms with Crippen LogP contribution in [-0.2, 0) is 10.0 Å². The van der Waals surface area contributed by atoms with Gasteiger partial charge in [0.05, 0.1) is 10.5 Å². The Kier molecular flexibility index (Phi) is 5.71. The summed E-state index contributed by atoms with van der Waals surface area (Å²) < 4.78 is 38.6. The van der Waals surface area contributed by atoms with Crippen LogP contribution in [0.1, 0.15) is 35.7 Å². The molecule has 0 atom stereocenters. The van der Waals surface area contributed by atoms with Gasteiger partial charge in [0.15, 0.2) is 11.5 Å². The number of nitrogens with zero attached hydrogens (tertiary/aromatic N) is 2. The summed E-state index contributed by atoms with van der Waals surface area (Å²) in [7, 11) is -3.58. The molecule has 160 valence electrons.